The quantitative estimate of drug-likeness (QED) is 0.893. The molecule has 2 saturated heterocycles. The van der Waals surface area contributed by atoms with Gasteiger partial charge in [-0.1, -0.05) is 42.5 Å². The van der Waals surface area contributed by atoms with E-state index in [9.17, 15) is 0 Å². The van der Waals surface area contributed by atoms with E-state index in [1.807, 2.05) is 0 Å². The first-order valence-corrected chi connectivity index (χ1v) is 7.16. The largest absolute Gasteiger partial charge is 0.373 e. The second-order valence-corrected chi connectivity index (χ2v) is 6.08. The summed E-state index contributed by atoms with van der Waals surface area (Å²) in [6.45, 7) is 0. The monoisotopic (exact) mass is 253 g/mol. The first kappa shape index (κ1) is 11.4. The van der Waals surface area contributed by atoms with Gasteiger partial charge in [-0.15, -0.1) is 0 Å². The number of fused-ring (bicyclic) bond motifs is 3. The van der Waals surface area contributed by atoms with Crippen LogP contribution in [0, 0.1) is 0 Å². The molecule has 0 aliphatic carbocycles. The van der Waals surface area contributed by atoms with Crippen LogP contribution in [0.2, 0.25) is 0 Å². The molecule has 0 aromatic heterocycles. The van der Waals surface area contributed by atoms with Crippen molar-refractivity contribution in [1.29, 1.82) is 0 Å². The molecule has 2 bridgehead atoms. The van der Waals surface area contributed by atoms with Gasteiger partial charge in [0.2, 0.25) is 0 Å². The highest BCUT2D eigenvalue weighted by Crippen LogP contribution is 2.42. The van der Waals surface area contributed by atoms with Gasteiger partial charge < -0.3 is 10.5 Å². The topological polar surface area (TPSA) is 35.2 Å². The summed E-state index contributed by atoms with van der Waals surface area (Å²) in [6.07, 6.45) is 4.93. The number of ether oxygens (including phenoxy) is 1. The van der Waals surface area contributed by atoms with Crippen LogP contribution >= 0.6 is 0 Å². The van der Waals surface area contributed by atoms with Gasteiger partial charge in [-0.2, -0.15) is 0 Å². The number of hydrogen-bond acceptors (Lipinski definition) is 2. The molecular weight excluding hydrogens is 234 g/mol. The highest BCUT2D eigenvalue weighted by molar-refractivity contribution is 5.85. The van der Waals surface area contributed by atoms with Crippen molar-refractivity contribution in [3.63, 3.8) is 0 Å². The molecule has 2 aromatic rings. The maximum atomic E-state index is 6.64. The predicted molar refractivity (Wildman–Crippen MR) is 77.1 cm³/mol. The van der Waals surface area contributed by atoms with Crippen molar-refractivity contribution < 1.29 is 4.74 Å². The lowest BCUT2D eigenvalue weighted by atomic mass is 9.77. The zero-order chi connectivity index (χ0) is 12.9. The molecule has 0 amide bonds. The summed E-state index contributed by atoms with van der Waals surface area (Å²) in [6, 6.07) is 15.1. The summed E-state index contributed by atoms with van der Waals surface area (Å²) in [5, 5.41) is 2.63. The number of nitrogens with two attached hydrogens (primary N) is 1. The van der Waals surface area contributed by atoms with Gasteiger partial charge in [0.1, 0.15) is 0 Å². The molecule has 2 aromatic carbocycles. The van der Waals surface area contributed by atoms with Gasteiger partial charge in [0.15, 0.2) is 0 Å². The van der Waals surface area contributed by atoms with Crippen molar-refractivity contribution in [2.75, 3.05) is 0 Å². The molecule has 2 heterocycles. The second kappa shape index (κ2) is 4.06. The SMILES string of the molecule is NC1(Cc2cccc3ccccc23)CC2CCC1O2. The Morgan fingerprint density at radius 1 is 1.11 bits per heavy atom. The van der Waals surface area contributed by atoms with Gasteiger partial charge in [-0.05, 0) is 42.0 Å². The minimum Gasteiger partial charge on any atom is -0.373 e. The van der Waals surface area contributed by atoms with Crippen molar-refractivity contribution in [3.8, 4) is 0 Å². The molecule has 4 rings (SSSR count). The molecule has 3 atom stereocenters. The average molecular weight is 253 g/mol. The normalized spacial score (nSPS) is 33.1. The van der Waals surface area contributed by atoms with Gasteiger partial charge in [-0.3, -0.25) is 0 Å². The Hall–Kier alpha value is -1.38. The molecule has 98 valence electrons. The van der Waals surface area contributed by atoms with E-state index in [1.165, 1.54) is 22.8 Å². The number of benzene rings is 2. The summed E-state index contributed by atoms with van der Waals surface area (Å²) in [5.74, 6) is 0. The van der Waals surface area contributed by atoms with Crippen LogP contribution in [0.25, 0.3) is 10.8 Å². The minimum atomic E-state index is -0.160. The van der Waals surface area contributed by atoms with Gasteiger partial charge in [0.05, 0.1) is 12.2 Å². The molecule has 0 saturated carbocycles. The van der Waals surface area contributed by atoms with Crippen LogP contribution in [-0.4, -0.2) is 17.7 Å². The standard InChI is InChI=1S/C17H19NO/c18-17(11-14-8-9-16(17)19-14)10-13-6-3-5-12-4-1-2-7-15(12)13/h1-7,14,16H,8-11,18H2. The highest BCUT2D eigenvalue weighted by atomic mass is 16.5. The smallest absolute Gasteiger partial charge is 0.0763 e. The fourth-order valence-electron chi connectivity index (χ4n) is 3.82. The van der Waals surface area contributed by atoms with E-state index in [0.717, 1.165) is 19.3 Å². The van der Waals surface area contributed by atoms with Crippen LogP contribution in [0.1, 0.15) is 24.8 Å². The van der Waals surface area contributed by atoms with Crippen molar-refractivity contribution in [1.82, 2.24) is 0 Å². The number of rotatable bonds is 2. The summed E-state index contributed by atoms with van der Waals surface area (Å²) in [5.41, 5.74) is 7.84. The van der Waals surface area contributed by atoms with E-state index in [2.05, 4.69) is 42.5 Å². The van der Waals surface area contributed by atoms with Crippen LogP contribution in [0.4, 0.5) is 0 Å². The third-order valence-corrected chi connectivity index (χ3v) is 4.76. The summed E-state index contributed by atoms with van der Waals surface area (Å²) < 4.78 is 5.95. The van der Waals surface area contributed by atoms with Crippen LogP contribution in [0.5, 0.6) is 0 Å². The van der Waals surface area contributed by atoms with E-state index < -0.39 is 0 Å². The van der Waals surface area contributed by atoms with Crippen LogP contribution in [-0.2, 0) is 11.2 Å². The van der Waals surface area contributed by atoms with Crippen LogP contribution in [0.3, 0.4) is 0 Å². The van der Waals surface area contributed by atoms with Gasteiger partial charge in [-0.25, -0.2) is 0 Å². The lowest BCUT2D eigenvalue weighted by Gasteiger charge is -2.31. The Morgan fingerprint density at radius 2 is 1.95 bits per heavy atom. The fourth-order valence-corrected chi connectivity index (χ4v) is 3.82. The summed E-state index contributed by atoms with van der Waals surface area (Å²) in [7, 11) is 0. The Labute approximate surface area is 113 Å². The first-order valence-electron chi connectivity index (χ1n) is 7.16. The van der Waals surface area contributed by atoms with E-state index in [0.29, 0.717) is 6.10 Å². The van der Waals surface area contributed by atoms with Crippen molar-refractivity contribution in [3.05, 3.63) is 48.0 Å². The Kier molecular flexibility index (Phi) is 2.44. The molecule has 2 N–H and O–H groups in total. The maximum absolute atomic E-state index is 6.64. The molecular formula is C17H19NO. The van der Waals surface area contributed by atoms with Crippen LogP contribution < -0.4 is 5.73 Å². The average Bonchev–Trinajstić information content (AvgIpc) is 2.99. The first-order chi connectivity index (χ1) is 9.24. The lowest BCUT2D eigenvalue weighted by molar-refractivity contribution is 0.0857. The molecule has 19 heavy (non-hydrogen) atoms. The number of hydrogen-bond donors (Lipinski definition) is 1. The molecule has 3 unspecified atom stereocenters. The highest BCUT2D eigenvalue weighted by Gasteiger charge is 2.49. The second-order valence-electron chi connectivity index (χ2n) is 6.08. The molecule has 0 radical (unpaired) electrons. The Bertz CT molecular complexity index is 618. The molecule has 2 fully saturated rings. The Morgan fingerprint density at radius 3 is 2.74 bits per heavy atom. The lowest BCUT2D eigenvalue weighted by Crippen LogP contribution is -2.50. The Balaban J connectivity index is 1.72. The summed E-state index contributed by atoms with van der Waals surface area (Å²) >= 11 is 0. The summed E-state index contributed by atoms with van der Waals surface area (Å²) in [4.78, 5) is 0. The van der Waals surface area contributed by atoms with Gasteiger partial charge in [0, 0.05) is 5.54 Å². The molecule has 2 aliphatic heterocycles. The van der Waals surface area contributed by atoms with Gasteiger partial charge in [0.25, 0.3) is 0 Å². The predicted octanol–water partition coefficient (Wildman–Crippen LogP) is 3.03. The molecule has 2 aliphatic rings. The third kappa shape index (κ3) is 1.78. The van der Waals surface area contributed by atoms with E-state index in [-0.39, 0.29) is 11.6 Å². The minimum absolute atomic E-state index is 0.160. The van der Waals surface area contributed by atoms with Crippen molar-refractivity contribution in [2.45, 2.75) is 43.4 Å². The van der Waals surface area contributed by atoms with E-state index in [4.69, 9.17) is 10.5 Å². The maximum Gasteiger partial charge on any atom is 0.0763 e. The third-order valence-electron chi connectivity index (χ3n) is 4.76. The van der Waals surface area contributed by atoms with Crippen molar-refractivity contribution in [2.24, 2.45) is 5.73 Å². The van der Waals surface area contributed by atoms with Crippen LogP contribution in [0.15, 0.2) is 42.5 Å². The zero-order valence-corrected chi connectivity index (χ0v) is 11.0. The molecule has 2 heteroatoms. The van der Waals surface area contributed by atoms with Gasteiger partial charge >= 0.3 is 0 Å². The fraction of sp³-hybridized carbons (Fsp3) is 0.412. The zero-order valence-electron chi connectivity index (χ0n) is 11.0. The molecule has 0 spiro atoms. The molecule has 2 nitrogen and oxygen atoms in total. The van der Waals surface area contributed by atoms with E-state index >= 15 is 0 Å². The van der Waals surface area contributed by atoms with E-state index in [1.54, 1.807) is 0 Å². The van der Waals surface area contributed by atoms with Crippen molar-refractivity contribution >= 4 is 10.8 Å².